The first-order valence-electron chi connectivity index (χ1n) is 6.40. The molecule has 0 spiro atoms. The molecule has 0 unspecified atom stereocenters. The number of rotatable bonds is 6. The molecule has 0 bridgehead atoms. The first kappa shape index (κ1) is 14.5. The summed E-state index contributed by atoms with van der Waals surface area (Å²) in [6.45, 7) is 10.2. The fraction of sp³-hybridized carbons (Fsp3) is 0.571. The molecule has 1 rings (SSSR count). The van der Waals surface area contributed by atoms with Gasteiger partial charge in [-0.1, -0.05) is 39.8 Å². The van der Waals surface area contributed by atoms with E-state index in [9.17, 15) is 10.1 Å². The van der Waals surface area contributed by atoms with Gasteiger partial charge in [0.2, 0.25) is 0 Å². The molecule has 0 aliphatic carbocycles. The summed E-state index contributed by atoms with van der Waals surface area (Å²) in [4.78, 5) is 12.9. The van der Waals surface area contributed by atoms with Crippen molar-refractivity contribution in [1.29, 1.82) is 0 Å². The fourth-order valence-electron chi connectivity index (χ4n) is 2.04. The maximum Gasteiger partial charge on any atom is 0.292 e. The second-order valence-electron chi connectivity index (χ2n) is 5.44. The van der Waals surface area contributed by atoms with Gasteiger partial charge >= 0.3 is 0 Å². The predicted octanol–water partition coefficient (Wildman–Crippen LogP) is 3.71. The number of para-hydroxylation sites is 2. The molecule has 0 saturated heterocycles. The second kappa shape index (κ2) is 6.38. The van der Waals surface area contributed by atoms with Gasteiger partial charge in [0.1, 0.15) is 5.69 Å². The highest BCUT2D eigenvalue weighted by atomic mass is 16.6. The number of nitrogens with zero attached hydrogens (tertiary/aromatic N) is 2. The predicted molar refractivity (Wildman–Crippen MR) is 75.0 cm³/mol. The van der Waals surface area contributed by atoms with Crippen LogP contribution in [0.15, 0.2) is 24.3 Å². The van der Waals surface area contributed by atoms with Gasteiger partial charge in [-0.25, -0.2) is 0 Å². The molecule has 18 heavy (non-hydrogen) atoms. The summed E-state index contributed by atoms with van der Waals surface area (Å²) < 4.78 is 0. The van der Waals surface area contributed by atoms with Crippen molar-refractivity contribution in [2.45, 2.75) is 27.7 Å². The molecule has 1 aromatic carbocycles. The molecule has 4 heteroatoms. The van der Waals surface area contributed by atoms with Crippen LogP contribution in [0.3, 0.4) is 0 Å². The van der Waals surface area contributed by atoms with Crippen LogP contribution >= 0.6 is 0 Å². The van der Waals surface area contributed by atoms with Crippen molar-refractivity contribution in [1.82, 2.24) is 0 Å². The van der Waals surface area contributed by atoms with E-state index in [1.807, 2.05) is 12.1 Å². The molecule has 0 N–H and O–H groups in total. The van der Waals surface area contributed by atoms with Gasteiger partial charge in [-0.05, 0) is 17.9 Å². The van der Waals surface area contributed by atoms with Crippen LogP contribution in [0.5, 0.6) is 0 Å². The maximum atomic E-state index is 11.1. The van der Waals surface area contributed by atoms with E-state index < -0.39 is 0 Å². The summed E-state index contributed by atoms with van der Waals surface area (Å²) in [5.41, 5.74) is 0.920. The minimum atomic E-state index is -0.303. The second-order valence-corrected chi connectivity index (χ2v) is 5.44. The van der Waals surface area contributed by atoms with Crippen molar-refractivity contribution in [2.24, 2.45) is 11.8 Å². The summed E-state index contributed by atoms with van der Waals surface area (Å²) in [7, 11) is 0. The Morgan fingerprint density at radius 3 is 2.06 bits per heavy atom. The van der Waals surface area contributed by atoms with E-state index in [-0.39, 0.29) is 10.6 Å². The molecule has 0 aliphatic rings. The third kappa shape index (κ3) is 4.02. The Morgan fingerprint density at radius 2 is 1.61 bits per heavy atom. The number of nitro benzene ring substituents is 1. The van der Waals surface area contributed by atoms with Crippen molar-refractivity contribution in [3.63, 3.8) is 0 Å². The minimum absolute atomic E-state index is 0.193. The molecule has 4 nitrogen and oxygen atoms in total. The lowest BCUT2D eigenvalue weighted by molar-refractivity contribution is -0.384. The van der Waals surface area contributed by atoms with E-state index in [2.05, 4.69) is 32.6 Å². The largest absolute Gasteiger partial charge is 0.365 e. The third-order valence-corrected chi connectivity index (χ3v) is 2.59. The van der Waals surface area contributed by atoms with Crippen LogP contribution in [0, 0.1) is 22.0 Å². The zero-order chi connectivity index (χ0) is 13.7. The number of hydrogen-bond donors (Lipinski definition) is 0. The van der Waals surface area contributed by atoms with Crippen molar-refractivity contribution in [3.05, 3.63) is 34.4 Å². The van der Waals surface area contributed by atoms with Crippen LogP contribution in [0.1, 0.15) is 27.7 Å². The fourth-order valence-corrected chi connectivity index (χ4v) is 2.04. The zero-order valence-electron chi connectivity index (χ0n) is 11.6. The summed E-state index contributed by atoms with van der Waals surface area (Å²) >= 11 is 0. The Morgan fingerprint density at radius 1 is 1.11 bits per heavy atom. The number of nitro groups is 1. The lowest BCUT2D eigenvalue weighted by Crippen LogP contribution is -2.31. The van der Waals surface area contributed by atoms with Crippen molar-refractivity contribution in [3.8, 4) is 0 Å². The Kier molecular flexibility index (Phi) is 5.13. The van der Waals surface area contributed by atoms with Gasteiger partial charge < -0.3 is 4.90 Å². The molecule has 0 saturated carbocycles. The third-order valence-electron chi connectivity index (χ3n) is 2.59. The maximum absolute atomic E-state index is 11.1. The molecule has 0 aliphatic heterocycles. The molecular weight excluding hydrogens is 228 g/mol. The molecule has 0 atom stereocenters. The molecule has 1 aromatic rings. The van der Waals surface area contributed by atoms with Gasteiger partial charge in [-0.2, -0.15) is 0 Å². The average molecular weight is 250 g/mol. The monoisotopic (exact) mass is 250 g/mol. The lowest BCUT2D eigenvalue weighted by atomic mass is 10.1. The van der Waals surface area contributed by atoms with Crippen LogP contribution in [0.2, 0.25) is 0 Å². The Balaban J connectivity index is 3.07. The summed E-state index contributed by atoms with van der Waals surface area (Å²) in [6, 6.07) is 6.98. The molecule has 0 radical (unpaired) electrons. The lowest BCUT2D eigenvalue weighted by Gasteiger charge is -2.28. The van der Waals surface area contributed by atoms with E-state index in [0.29, 0.717) is 11.8 Å². The summed E-state index contributed by atoms with van der Waals surface area (Å²) in [5.74, 6) is 0.951. The first-order chi connectivity index (χ1) is 8.41. The Labute approximate surface area is 109 Å². The molecule has 0 fully saturated rings. The Hall–Kier alpha value is -1.58. The van der Waals surface area contributed by atoms with Gasteiger partial charge in [0.15, 0.2) is 0 Å². The van der Waals surface area contributed by atoms with Crippen molar-refractivity contribution >= 4 is 11.4 Å². The van der Waals surface area contributed by atoms with Crippen LogP contribution in [0.4, 0.5) is 11.4 Å². The molecular formula is C14H22N2O2. The highest BCUT2D eigenvalue weighted by molar-refractivity contribution is 5.63. The molecule has 0 aromatic heterocycles. The van der Waals surface area contributed by atoms with Gasteiger partial charge in [0, 0.05) is 19.2 Å². The van der Waals surface area contributed by atoms with Gasteiger partial charge in [-0.15, -0.1) is 0 Å². The molecule has 100 valence electrons. The molecule has 0 amide bonds. The van der Waals surface area contributed by atoms with Crippen LogP contribution < -0.4 is 4.90 Å². The number of benzene rings is 1. The number of hydrogen-bond acceptors (Lipinski definition) is 3. The smallest absolute Gasteiger partial charge is 0.292 e. The minimum Gasteiger partial charge on any atom is -0.365 e. The van der Waals surface area contributed by atoms with E-state index in [0.717, 1.165) is 18.8 Å². The topological polar surface area (TPSA) is 46.4 Å². The van der Waals surface area contributed by atoms with Gasteiger partial charge in [-0.3, -0.25) is 10.1 Å². The average Bonchev–Trinajstić information content (AvgIpc) is 2.26. The zero-order valence-corrected chi connectivity index (χ0v) is 11.6. The standard InChI is InChI=1S/C14H22N2O2/c1-11(2)9-15(10-12(3)4)13-7-5-6-8-14(13)16(17)18/h5-8,11-12H,9-10H2,1-4H3. The summed E-state index contributed by atoms with van der Waals surface area (Å²) in [6.07, 6.45) is 0. The van der Waals surface area contributed by atoms with E-state index in [1.165, 1.54) is 0 Å². The van der Waals surface area contributed by atoms with Crippen molar-refractivity contribution in [2.75, 3.05) is 18.0 Å². The first-order valence-corrected chi connectivity index (χ1v) is 6.40. The highest BCUT2D eigenvalue weighted by Gasteiger charge is 2.19. The highest BCUT2D eigenvalue weighted by Crippen LogP contribution is 2.28. The molecule has 0 heterocycles. The summed E-state index contributed by atoms with van der Waals surface area (Å²) in [5, 5.41) is 11.1. The number of anilines is 1. The Bertz CT molecular complexity index is 393. The van der Waals surface area contributed by atoms with E-state index in [1.54, 1.807) is 12.1 Å². The van der Waals surface area contributed by atoms with E-state index >= 15 is 0 Å². The normalized spacial score (nSPS) is 11.0. The van der Waals surface area contributed by atoms with Gasteiger partial charge in [0.05, 0.1) is 4.92 Å². The van der Waals surface area contributed by atoms with Crippen LogP contribution in [0.25, 0.3) is 0 Å². The quantitative estimate of drug-likeness (QED) is 0.571. The van der Waals surface area contributed by atoms with Gasteiger partial charge in [0.25, 0.3) is 5.69 Å². The van der Waals surface area contributed by atoms with Crippen LogP contribution in [-0.2, 0) is 0 Å². The van der Waals surface area contributed by atoms with Crippen molar-refractivity contribution < 1.29 is 4.92 Å². The van der Waals surface area contributed by atoms with Crippen LogP contribution in [-0.4, -0.2) is 18.0 Å². The SMILES string of the molecule is CC(C)CN(CC(C)C)c1ccccc1[N+](=O)[O-]. The van der Waals surface area contributed by atoms with E-state index in [4.69, 9.17) is 0 Å².